The van der Waals surface area contributed by atoms with Crippen LogP contribution in [0.4, 0.5) is 5.69 Å². The van der Waals surface area contributed by atoms with Crippen molar-refractivity contribution in [3.05, 3.63) is 22.2 Å². The van der Waals surface area contributed by atoms with Crippen LogP contribution in [-0.4, -0.2) is 27.2 Å². The molecule has 1 fully saturated rings. The van der Waals surface area contributed by atoms with Crippen molar-refractivity contribution in [1.82, 2.24) is 4.72 Å². The van der Waals surface area contributed by atoms with Gasteiger partial charge in [-0.15, -0.1) is 0 Å². The summed E-state index contributed by atoms with van der Waals surface area (Å²) >= 11 is 3.28. The number of sulfonamides is 1. The lowest BCUT2D eigenvalue weighted by Gasteiger charge is -2.21. The Balaban J connectivity index is 2.26. The average molecular weight is 363 g/mol. The molecule has 2 unspecified atom stereocenters. The van der Waals surface area contributed by atoms with Crippen LogP contribution in [0.1, 0.15) is 25.3 Å². The van der Waals surface area contributed by atoms with E-state index >= 15 is 0 Å². The fourth-order valence-corrected chi connectivity index (χ4v) is 4.53. The van der Waals surface area contributed by atoms with Crippen LogP contribution in [0.3, 0.4) is 0 Å². The minimum absolute atomic E-state index is 0.0606. The second-order valence-electron chi connectivity index (χ2n) is 5.08. The number of anilines is 1. The van der Waals surface area contributed by atoms with Crippen LogP contribution in [0.2, 0.25) is 0 Å². The van der Waals surface area contributed by atoms with Gasteiger partial charge in [0.25, 0.3) is 0 Å². The van der Waals surface area contributed by atoms with Crippen LogP contribution in [0.25, 0.3) is 0 Å². The topological polar surface area (TPSA) is 81.4 Å². The molecule has 1 aliphatic heterocycles. The van der Waals surface area contributed by atoms with Gasteiger partial charge >= 0.3 is 0 Å². The summed E-state index contributed by atoms with van der Waals surface area (Å²) in [5, 5.41) is 0. The SMILES string of the molecule is Cc1c(N)cc(Br)cc1S(=O)(=O)NC(C)C1CCCO1. The summed E-state index contributed by atoms with van der Waals surface area (Å²) in [5.74, 6) is 0. The first-order chi connectivity index (χ1) is 9.31. The maximum atomic E-state index is 12.5. The summed E-state index contributed by atoms with van der Waals surface area (Å²) in [5.41, 5.74) is 6.83. The molecular formula is C13H19BrN2O3S. The van der Waals surface area contributed by atoms with Crippen LogP contribution < -0.4 is 10.5 Å². The van der Waals surface area contributed by atoms with Crippen molar-refractivity contribution in [3.8, 4) is 0 Å². The highest BCUT2D eigenvalue weighted by Gasteiger charge is 2.28. The Morgan fingerprint density at radius 2 is 2.20 bits per heavy atom. The third-order valence-corrected chi connectivity index (χ3v) is 5.66. The molecule has 7 heteroatoms. The van der Waals surface area contributed by atoms with Crippen molar-refractivity contribution in [2.45, 2.75) is 43.7 Å². The molecule has 1 aromatic rings. The highest BCUT2D eigenvalue weighted by molar-refractivity contribution is 9.10. The maximum Gasteiger partial charge on any atom is 0.241 e. The molecule has 0 amide bonds. The number of nitrogens with one attached hydrogen (secondary N) is 1. The van der Waals surface area contributed by atoms with Gasteiger partial charge in [-0.25, -0.2) is 13.1 Å². The van der Waals surface area contributed by atoms with Gasteiger partial charge in [-0.1, -0.05) is 15.9 Å². The molecule has 0 saturated carbocycles. The largest absolute Gasteiger partial charge is 0.398 e. The van der Waals surface area contributed by atoms with E-state index in [4.69, 9.17) is 10.5 Å². The van der Waals surface area contributed by atoms with Crippen molar-refractivity contribution in [1.29, 1.82) is 0 Å². The Kier molecular flexibility index (Phi) is 4.73. The van der Waals surface area contributed by atoms with Gasteiger partial charge in [0.15, 0.2) is 0 Å². The predicted molar refractivity (Wildman–Crippen MR) is 82.0 cm³/mol. The molecule has 20 heavy (non-hydrogen) atoms. The molecule has 1 aliphatic rings. The predicted octanol–water partition coefficient (Wildman–Crippen LogP) is 2.19. The normalized spacial score (nSPS) is 21.1. The van der Waals surface area contributed by atoms with Gasteiger partial charge in [-0.05, 0) is 44.4 Å². The van der Waals surface area contributed by atoms with Gasteiger partial charge in [0.2, 0.25) is 10.0 Å². The standard InChI is InChI=1S/C13H19BrN2O3S/c1-8-11(15)6-10(14)7-13(8)20(17,18)16-9(2)12-4-3-5-19-12/h6-7,9,12,16H,3-5,15H2,1-2H3. The molecule has 1 saturated heterocycles. The zero-order valence-corrected chi connectivity index (χ0v) is 13.9. The van der Waals surface area contributed by atoms with Crippen molar-refractivity contribution < 1.29 is 13.2 Å². The molecule has 2 atom stereocenters. The first kappa shape index (κ1) is 15.8. The number of hydrogen-bond acceptors (Lipinski definition) is 4. The van der Waals surface area contributed by atoms with E-state index in [1.807, 2.05) is 6.92 Å². The quantitative estimate of drug-likeness (QED) is 0.804. The molecule has 0 aromatic heterocycles. The molecule has 112 valence electrons. The Morgan fingerprint density at radius 1 is 1.50 bits per heavy atom. The molecule has 0 spiro atoms. The summed E-state index contributed by atoms with van der Waals surface area (Å²) in [6, 6.07) is 3.00. The van der Waals surface area contributed by atoms with E-state index in [1.54, 1.807) is 19.1 Å². The Bertz CT molecular complexity index is 598. The molecule has 1 aromatic carbocycles. The summed E-state index contributed by atoms with van der Waals surface area (Å²) < 4.78 is 33.8. The average Bonchev–Trinajstić information content (AvgIpc) is 2.86. The fourth-order valence-electron chi connectivity index (χ4n) is 2.33. The number of halogens is 1. The summed E-state index contributed by atoms with van der Waals surface area (Å²) in [7, 11) is -3.61. The van der Waals surface area contributed by atoms with E-state index in [0.717, 1.165) is 12.8 Å². The van der Waals surface area contributed by atoms with E-state index < -0.39 is 10.0 Å². The maximum absolute atomic E-state index is 12.5. The van der Waals surface area contributed by atoms with Gasteiger partial charge in [0.1, 0.15) is 0 Å². The van der Waals surface area contributed by atoms with Gasteiger partial charge < -0.3 is 10.5 Å². The molecule has 0 radical (unpaired) electrons. The number of nitrogen functional groups attached to an aromatic ring is 1. The molecule has 2 rings (SSSR count). The van der Waals surface area contributed by atoms with Gasteiger partial charge in [0, 0.05) is 22.8 Å². The van der Waals surface area contributed by atoms with Crippen LogP contribution in [0, 0.1) is 6.92 Å². The third kappa shape index (κ3) is 3.33. The highest BCUT2D eigenvalue weighted by Crippen LogP contribution is 2.27. The molecular weight excluding hydrogens is 344 g/mol. The van der Waals surface area contributed by atoms with E-state index in [2.05, 4.69) is 20.7 Å². The van der Waals surface area contributed by atoms with Gasteiger partial charge in [-0.2, -0.15) is 0 Å². The number of rotatable bonds is 4. The van der Waals surface area contributed by atoms with Crippen LogP contribution in [0.15, 0.2) is 21.5 Å². The van der Waals surface area contributed by atoms with E-state index in [9.17, 15) is 8.42 Å². The third-order valence-electron chi connectivity index (χ3n) is 3.52. The van der Waals surface area contributed by atoms with Crippen LogP contribution in [-0.2, 0) is 14.8 Å². The molecule has 3 N–H and O–H groups in total. The second kappa shape index (κ2) is 6.01. The zero-order chi connectivity index (χ0) is 14.9. The minimum Gasteiger partial charge on any atom is -0.398 e. The Morgan fingerprint density at radius 3 is 2.80 bits per heavy atom. The lowest BCUT2D eigenvalue weighted by molar-refractivity contribution is 0.0902. The highest BCUT2D eigenvalue weighted by atomic mass is 79.9. The van der Waals surface area contributed by atoms with E-state index in [-0.39, 0.29) is 17.0 Å². The Labute approximate surface area is 128 Å². The van der Waals surface area contributed by atoms with Gasteiger partial charge in [-0.3, -0.25) is 0 Å². The van der Waals surface area contributed by atoms with E-state index in [0.29, 0.717) is 22.3 Å². The summed E-state index contributed by atoms with van der Waals surface area (Å²) in [6.45, 7) is 4.22. The van der Waals surface area contributed by atoms with Crippen LogP contribution >= 0.6 is 15.9 Å². The first-order valence-electron chi connectivity index (χ1n) is 6.51. The molecule has 1 heterocycles. The lowest BCUT2D eigenvalue weighted by atomic mass is 10.1. The smallest absolute Gasteiger partial charge is 0.241 e. The minimum atomic E-state index is -3.61. The lowest BCUT2D eigenvalue weighted by Crippen LogP contribution is -2.41. The molecule has 0 bridgehead atoms. The van der Waals surface area contributed by atoms with Crippen molar-refractivity contribution >= 4 is 31.6 Å². The van der Waals surface area contributed by atoms with Crippen molar-refractivity contribution in [3.63, 3.8) is 0 Å². The fraction of sp³-hybridized carbons (Fsp3) is 0.538. The Hall–Kier alpha value is -0.630. The van der Waals surface area contributed by atoms with Crippen LogP contribution in [0.5, 0.6) is 0 Å². The van der Waals surface area contributed by atoms with E-state index in [1.165, 1.54) is 0 Å². The molecule has 0 aliphatic carbocycles. The summed E-state index contributed by atoms with van der Waals surface area (Å²) in [6.07, 6.45) is 1.79. The zero-order valence-electron chi connectivity index (χ0n) is 11.5. The number of hydrogen-bond donors (Lipinski definition) is 2. The molecule has 5 nitrogen and oxygen atoms in total. The monoisotopic (exact) mass is 362 g/mol. The number of nitrogens with two attached hydrogens (primary N) is 1. The summed E-state index contributed by atoms with van der Waals surface area (Å²) in [4.78, 5) is 0.203. The first-order valence-corrected chi connectivity index (χ1v) is 8.78. The van der Waals surface area contributed by atoms with Crippen molar-refractivity contribution in [2.24, 2.45) is 0 Å². The number of benzene rings is 1. The van der Waals surface area contributed by atoms with Gasteiger partial charge in [0.05, 0.1) is 11.0 Å². The van der Waals surface area contributed by atoms with Crippen molar-refractivity contribution in [2.75, 3.05) is 12.3 Å². The second-order valence-corrected chi connectivity index (χ2v) is 7.68. The number of ether oxygens (including phenoxy) is 1.